The van der Waals surface area contributed by atoms with E-state index in [2.05, 4.69) is 29.0 Å². The zero-order chi connectivity index (χ0) is 19.5. The molecule has 1 atom stereocenters. The molecule has 0 amide bonds. The number of halogens is 1. The van der Waals surface area contributed by atoms with Crippen molar-refractivity contribution < 1.29 is 13.7 Å². The van der Waals surface area contributed by atoms with Gasteiger partial charge >= 0.3 is 0 Å². The van der Waals surface area contributed by atoms with E-state index in [0.717, 1.165) is 6.04 Å². The number of rotatable bonds is 7. The van der Waals surface area contributed by atoms with Gasteiger partial charge in [0.1, 0.15) is 28.4 Å². The molecule has 0 fully saturated rings. The maximum Gasteiger partial charge on any atom is 0.159 e. The van der Waals surface area contributed by atoms with Gasteiger partial charge in [0.2, 0.25) is 0 Å². The van der Waals surface area contributed by atoms with Gasteiger partial charge in [-0.1, -0.05) is 24.0 Å². The van der Waals surface area contributed by atoms with Gasteiger partial charge in [0.25, 0.3) is 0 Å². The number of imidazole rings is 1. The third kappa shape index (κ3) is 5.64. The SMILES string of the molecule is CC(C)(C)[S+]([O-])N=Cc1ccc2c(ncn2COCC[Si](C)(C)C)c1F. The average molecular weight is 398 g/mol. The highest BCUT2D eigenvalue weighted by Crippen LogP contribution is 2.21. The van der Waals surface area contributed by atoms with Crippen LogP contribution in [0.25, 0.3) is 11.0 Å². The average Bonchev–Trinajstić information content (AvgIpc) is 2.92. The highest BCUT2D eigenvalue weighted by Gasteiger charge is 2.26. The van der Waals surface area contributed by atoms with Gasteiger partial charge in [-0.2, -0.15) is 0 Å². The van der Waals surface area contributed by atoms with Gasteiger partial charge < -0.3 is 13.9 Å². The van der Waals surface area contributed by atoms with E-state index in [1.54, 1.807) is 23.0 Å². The first-order valence-corrected chi connectivity index (χ1v) is 13.5. The Morgan fingerprint density at radius 1 is 1.35 bits per heavy atom. The monoisotopic (exact) mass is 397 g/mol. The fraction of sp³-hybridized carbons (Fsp3) is 0.556. The third-order valence-corrected chi connectivity index (χ3v) is 6.85. The second-order valence-electron chi connectivity index (χ2n) is 8.49. The number of benzene rings is 1. The van der Waals surface area contributed by atoms with Crippen LogP contribution in [-0.2, 0) is 22.8 Å². The highest BCUT2D eigenvalue weighted by atomic mass is 32.2. The van der Waals surface area contributed by atoms with Gasteiger partial charge in [-0.3, -0.25) is 0 Å². The van der Waals surface area contributed by atoms with Crippen LogP contribution in [0, 0.1) is 5.82 Å². The van der Waals surface area contributed by atoms with Crippen molar-refractivity contribution >= 4 is 36.7 Å². The number of hydrogen-bond acceptors (Lipinski definition) is 4. The van der Waals surface area contributed by atoms with E-state index >= 15 is 0 Å². The van der Waals surface area contributed by atoms with Crippen LogP contribution < -0.4 is 0 Å². The summed E-state index contributed by atoms with van der Waals surface area (Å²) < 4.78 is 37.7. The molecular formula is C18H28FN3O2SSi. The van der Waals surface area contributed by atoms with Crippen LogP contribution in [-0.4, -0.2) is 39.7 Å². The maximum absolute atomic E-state index is 14.7. The van der Waals surface area contributed by atoms with Gasteiger partial charge in [0.05, 0.1) is 18.1 Å². The van der Waals surface area contributed by atoms with E-state index in [4.69, 9.17) is 4.74 Å². The van der Waals surface area contributed by atoms with Crippen molar-refractivity contribution in [3.63, 3.8) is 0 Å². The molecular weight excluding hydrogens is 369 g/mol. The molecule has 1 aromatic heterocycles. The third-order valence-electron chi connectivity index (χ3n) is 3.80. The van der Waals surface area contributed by atoms with E-state index < -0.39 is 30.0 Å². The Kier molecular flexibility index (Phi) is 6.65. The van der Waals surface area contributed by atoms with E-state index in [1.165, 1.54) is 6.21 Å². The van der Waals surface area contributed by atoms with Crippen molar-refractivity contribution in [3.05, 3.63) is 29.8 Å². The largest absolute Gasteiger partial charge is 0.591 e. The van der Waals surface area contributed by atoms with Crippen molar-refractivity contribution in [1.82, 2.24) is 9.55 Å². The van der Waals surface area contributed by atoms with Crippen LogP contribution in [0.2, 0.25) is 25.7 Å². The minimum absolute atomic E-state index is 0.268. The zero-order valence-electron chi connectivity index (χ0n) is 16.4. The number of ether oxygens (including phenoxy) is 1. The van der Waals surface area contributed by atoms with E-state index in [9.17, 15) is 8.94 Å². The molecule has 8 heteroatoms. The topological polar surface area (TPSA) is 62.5 Å². The number of fused-ring (bicyclic) bond motifs is 1. The summed E-state index contributed by atoms with van der Waals surface area (Å²) in [5.74, 6) is -0.460. The summed E-state index contributed by atoms with van der Waals surface area (Å²) in [6.45, 7) is 13.4. The van der Waals surface area contributed by atoms with Gasteiger partial charge in [-0.05, 0) is 38.9 Å². The van der Waals surface area contributed by atoms with Crippen LogP contribution in [0.4, 0.5) is 4.39 Å². The van der Waals surface area contributed by atoms with Gasteiger partial charge in [0.15, 0.2) is 5.82 Å². The molecule has 0 spiro atoms. The quantitative estimate of drug-likeness (QED) is 0.302. The smallest absolute Gasteiger partial charge is 0.159 e. The van der Waals surface area contributed by atoms with Crippen LogP contribution in [0.3, 0.4) is 0 Å². The standard InChI is InChI=1S/C18H28FN3O2SSi/c1-18(2,3)25(23)21-11-14-7-8-15-17(16(14)19)20-12-22(15)13-24-9-10-26(4,5)6/h7-8,11-12H,9-10,13H2,1-6H3. The number of hydrogen-bond donors (Lipinski definition) is 0. The van der Waals surface area contributed by atoms with Crippen molar-refractivity contribution in [1.29, 1.82) is 0 Å². The van der Waals surface area contributed by atoms with Crippen LogP contribution in [0.15, 0.2) is 22.9 Å². The predicted molar refractivity (Wildman–Crippen MR) is 109 cm³/mol. The highest BCUT2D eigenvalue weighted by molar-refractivity contribution is 7.91. The molecule has 1 heterocycles. The molecule has 0 aliphatic carbocycles. The summed E-state index contributed by atoms with van der Waals surface area (Å²) in [5.41, 5.74) is 1.22. The molecule has 2 rings (SSSR count). The Morgan fingerprint density at radius 2 is 2.04 bits per heavy atom. The molecule has 26 heavy (non-hydrogen) atoms. The summed E-state index contributed by atoms with van der Waals surface area (Å²) in [6, 6.07) is 4.50. The summed E-state index contributed by atoms with van der Waals surface area (Å²) in [4.78, 5) is 4.16. The van der Waals surface area contributed by atoms with Gasteiger partial charge in [-0.15, -0.1) is 0 Å². The summed E-state index contributed by atoms with van der Waals surface area (Å²) in [6.07, 6.45) is 2.90. The molecule has 2 aromatic rings. The van der Waals surface area contributed by atoms with E-state index in [1.807, 2.05) is 20.8 Å². The number of aromatic nitrogens is 2. The molecule has 0 saturated heterocycles. The Morgan fingerprint density at radius 3 is 2.65 bits per heavy atom. The molecule has 0 N–H and O–H groups in total. The Bertz CT molecular complexity index is 781. The normalized spacial score (nSPS) is 14.5. The molecule has 0 radical (unpaired) electrons. The van der Waals surface area contributed by atoms with Crippen LogP contribution >= 0.6 is 0 Å². The molecule has 144 valence electrons. The molecule has 0 aliphatic heterocycles. The lowest BCUT2D eigenvalue weighted by atomic mass is 10.2. The fourth-order valence-corrected chi connectivity index (χ4v) is 3.40. The molecule has 0 aliphatic rings. The first kappa shape index (κ1) is 21.1. The van der Waals surface area contributed by atoms with Crippen molar-refractivity contribution in [2.75, 3.05) is 6.61 Å². The molecule has 0 saturated carbocycles. The van der Waals surface area contributed by atoms with E-state index in [0.29, 0.717) is 18.9 Å². The van der Waals surface area contributed by atoms with E-state index in [-0.39, 0.29) is 11.1 Å². The van der Waals surface area contributed by atoms with Crippen LogP contribution in [0.5, 0.6) is 0 Å². The Hall–Kier alpha value is -1.22. The van der Waals surface area contributed by atoms with Crippen molar-refractivity contribution in [2.24, 2.45) is 4.40 Å². The van der Waals surface area contributed by atoms with Gasteiger partial charge in [-0.25, -0.2) is 9.37 Å². The lowest BCUT2D eigenvalue weighted by Gasteiger charge is -2.17. The summed E-state index contributed by atoms with van der Waals surface area (Å²) in [7, 11) is -1.13. The summed E-state index contributed by atoms with van der Waals surface area (Å²) in [5, 5.41) is 0. The lowest BCUT2D eigenvalue weighted by Crippen LogP contribution is -2.25. The molecule has 1 aromatic carbocycles. The number of nitrogens with zero attached hydrogens (tertiary/aromatic N) is 3. The second kappa shape index (κ2) is 8.20. The summed E-state index contributed by atoms with van der Waals surface area (Å²) >= 11 is -1.43. The van der Waals surface area contributed by atoms with Crippen LogP contribution in [0.1, 0.15) is 26.3 Å². The maximum atomic E-state index is 14.7. The minimum atomic E-state index is -1.43. The Labute approximate surface area is 159 Å². The minimum Gasteiger partial charge on any atom is -0.591 e. The Balaban J connectivity index is 2.12. The molecule has 5 nitrogen and oxygen atoms in total. The second-order valence-corrected chi connectivity index (χ2v) is 16.1. The first-order chi connectivity index (χ1) is 12.0. The fourth-order valence-electron chi connectivity index (χ4n) is 2.12. The van der Waals surface area contributed by atoms with Crippen molar-refractivity contribution in [3.8, 4) is 0 Å². The lowest BCUT2D eigenvalue weighted by molar-refractivity contribution is 0.0898. The predicted octanol–water partition coefficient (Wildman–Crippen LogP) is 4.37. The first-order valence-electron chi connectivity index (χ1n) is 8.66. The molecule has 1 unspecified atom stereocenters. The molecule has 0 bridgehead atoms. The van der Waals surface area contributed by atoms with Gasteiger partial charge in [0, 0.05) is 20.2 Å². The van der Waals surface area contributed by atoms with Crippen molar-refractivity contribution in [2.45, 2.75) is 57.9 Å². The zero-order valence-corrected chi connectivity index (χ0v) is 18.2.